The van der Waals surface area contributed by atoms with Gasteiger partial charge >= 0.3 is 5.69 Å². The number of hydrogen-bond donors (Lipinski definition) is 2. The number of benzene rings is 1. The van der Waals surface area contributed by atoms with Crippen LogP contribution < -0.4 is 26.6 Å². The second-order valence-electron chi connectivity index (χ2n) is 7.15. The molecule has 0 unspecified atom stereocenters. The van der Waals surface area contributed by atoms with Gasteiger partial charge in [0.25, 0.3) is 11.5 Å². The lowest BCUT2D eigenvalue weighted by Crippen LogP contribution is -2.42. The molecule has 8 nitrogen and oxygen atoms in total. The number of hydrogen-bond acceptors (Lipinski definition) is 5. The van der Waals surface area contributed by atoms with Gasteiger partial charge in [0.15, 0.2) is 5.69 Å². The summed E-state index contributed by atoms with van der Waals surface area (Å²) in [5.41, 5.74) is 5.06. The Morgan fingerprint density at radius 1 is 1.34 bits per heavy atom. The fraction of sp³-hybridized carbons (Fsp3) is 0.450. The van der Waals surface area contributed by atoms with Crippen molar-refractivity contribution in [3.05, 3.63) is 49.6 Å². The topological polar surface area (TPSA) is 110 Å². The Bertz CT molecular complexity index is 997. The van der Waals surface area contributed by atoms with E-state index in [4.69, 9.17) is 22.1 Å². The van der Waals surface area contributed by atoms with Crippen molar-refractivity contribution in [2.24, 2.45) is 5.92 Å². The number of aromatic amines is 1. The zero-order valence-electron chi connectivity index (χ0n) is 17.1. The number of methoxy groups -OCH3 is 1. The van der Waals surface area contributed by atoms with Crippen LogP contribution in [0.3, 0.4) is 0 Å². The molecule has 0 bridgehead atoms. The van der Waals surface area contributed by atoms with Crippen molar-refractivity contribution in [2.45, 2.75) is 40.2 Å². The minimum Gasteiger partial charge on any atom is -0.496 e. The standard InChI is InChI=1S/C20H27ClN4O4/c1-5-6-9-24(19(27)14-10-13(21)7-8-15(14)29-4)16-17(22)25(11-12(2)3)20(28)23-18(16)26/h7-8,10,12H,5-6,9,11,22H2,1-4H3,(H,23,26,28). The molecule has 2 aromatic rings. The molecular formula is C20H27ClN4O4. The van der Waals surface area contributed by atoms with Gasteiger partial charge < -0.3 is 15.4 Å². The third kappa shape index (κ3) is 5.00. The maximum atomic E-state index is 13.4. The van der Waals surface area contributed by atoms with Gasteiger partial charge in [-0.3, -0.25) is 19.1 Å². The number of ether oxygens (including phenoxy) is 1. The summed E-state index contributed by atoms with van der Waals surface area (Å²) in [4.78, 5) is 41.9. The van der Waals surface area contributed by atoms with Gasteiger partial charge in [0.05, 0.1) is 12.7 Å². The molecule has 1 heterocycles. The first-order valence-electron chi connectivity index (χ1n) is 9.49. The van der Waals surface area contributed by atoms with Crippen LogP contribution in [0.25, 0.3) is 0 Å². The van der Waals surface area contributed by atoms with E-state index < -0.39 is 17.2 Å². The number of carbonyl (C=O) groups is 1. The molecule has 0 aliphatic rings. The number of aromatic nitrogens is 2. The number of nitrogens with one attached hydrogen (secondary N) is 1. The number of amides is 1. The maximum Gasteiger partial charge on any atom is 0.330 e. The second-order valence-corrected chi connectivity index (χ2v) is 7.59. The number of H-pyrrole nitrogens is 1. The van der Waals surface area contributed by atoms with Gasteiger partial charge in [-0.05, 0) is 30.5 Å². The van der Waals surface area contributed by atoms with Crippen LogP contribution in [0.4, 0.5) is 11.5 Å². The fourth-order valence-electron chi connectivity index (χ4n) is 3.01. The summed E-state index contributed by atoms with van der Waals surface area (Å²) in [6.45, 7) is 6.37. The van der Waals surface area contributed by atoms with Crippen molar-refractivity contribution < 1.29 is 9.53 Å². The Kier molecular flexibility index (Phi) is 7.50. The number of rotatable bonds is 8. The van der Waals surface area contributed by atoms with Crippen LogP contribution >= 0.6 is 11.6 Å². The van der Waals surface area contributed by atoms with E-state index >= 15 is 0 Å². The fourth-order valence-corrected chi connectivity index (χ4v) is 3.18. The summed E-state index contributed by atoms with van der Waals surface area (Å²) in [6.07, 6.45) is 1.43. The molecule has 3 N–H and O–H groups in total. The summed E-state index contributed by atoms with van der Waals surface area (Å²) >= 11 is 6.07. The van der Waals surface area contributed by atoms with Crippen molar-refractivity contribution in [1.82, 2.24) is 9.55 Å². The Morgan fingerprint density at radius 3 is 2.62 bits per heavy atom. The Labute approximate surface area is 174 Å². The molecule has 0 spiro atoms. The molecule has 1 aromatic carbocycles. The Balaban J connectivity index is 2.68. The molecule has 0 aliphatic carbocycles. The van der Waals surface area contributed by atoms with Crippen molar-refractivity contribution in [3.8, 4) is 5.75 Å². The largest absolute Gasteiger partial charge is 0.496 e. The highest BCUT2D eigenvalue weighted by molar-refractivity contribution is 6.31. The minimum atomic E-state index is -0.710. The van der Waals surface area contributed by atoms with E-state index in [1.165, 1.54) is 22.6 Å². The van der Waals surface area contributed by atoms with Crippen LogP contribution in [0.1, 0.15) is 44.0 Å². The first kappa shape index (κ1) is 22.5. The third-order valence-electron chi connectivity index (χ3n) is 4.40. The summed E-state index contributed by atoms with van der Waals surface area (Å²) in [7, 11) is 1.44. The second kappa shape index (κ2) is 9.65. The monoisotopic (exact) mass is 422 g/mol. The average molecular weight is 423 g/mol. The molecular weight excluding hydrogens is 396 g/mol. The maximum absolute atomic E-state index is 13.4. The van der Waals surface area contributed by atoms with E-state index in [1.54, 1.807) is 12.1 Å². The van der Waals surface area contributed by atoms with E-state index in [0.717, 1.165) is 6.42 Å². The van der Waals surface area contributed by atoms with E-state index in [-0.39, 0.29) is 29.5 Å². The van der Waals surface area contributed by atoms with Gasteiger partial charge in [0, 0.05) is 18.1 Å². The highest BCUT2D eigenvalue weighted by atomic mass is 35.5. The van der Waals surface area contributed by atoms with Gasteiger partial charge in [-0.25, -0.2) is 4.79 Å². The smallest absolute Gasteiger partial charge is 0.330 e. The van der Waals surface area contributed by atoms with Gasteiger partial charge in [-0.1, -0.05) is 38.8 Å². The van der Waals surface area contributed by atoms with Gasteiger partial charge in [0.2, 0.25) is 0 Å². The summed E-state index contributed by atoms with van der Waals surface area (Å²) in [5.74, 6) is -0.0874. The molecule has 0 saturated carbocycles. The van der Waals surface area contributed by atoms with Crippen LogP contribution in [-0.2, 0) is 6.54 Å². The highest BCUT2D eigenvalue weighted by Crippen LogP contribution is 2.27. The Hall–Kier alpha value is -2.74. The molecule has 0 aliphatic heterocycles. The van der Waals surface area contributed by atoms with E-state index in [1.807, 2.05) is 20.8 Å². The molecule has 1 amide bonds. The van der Waals surface area contributed by atoms with Crippen LogP contribution in [0.15, 0.2) is 27.8 Å². The lowest BCUT2D eigenvalue weighted by molar-refractivity contribution is 0.0983. The van der Waals surface area contributed by atoms with E-state index in [9.17, 15) is 14.4 Å². The van der Waals surface area contributed by atoms with Crippen LogP contribution in [-0.4, -0.2) is 29.1 Å². The number of halogens is 1. The molecule has 0 radical (unpaired) electrons. The average Bonchev–Trinajstić information content (AvgIpc) is 2.66. The summed E-state index contributed by atoms with van der Waals surface area (Å²) < 4.78 is 6.57. The molecule has 29 heavy (non-hydrogen) atoms. The summed E-state index contributed by atoms with van der Waals surface area (Å²) in [5, 5.41) is 0.358. The van der Waals surface area contributed by atoms with Crippen molar-refractivity contribution in [3.63, 3.8) is 0 Å². The molecule has 0 saturated heterocycles. The van der Waals surface area contributed by atoms with Crippen molar-refractivity contribution in [2.75, 3.05) is 24.3 Å². The quantitative estimate of drug-likeness (QED) is 0.679. The van der Waals surface area contributed by atoms with Crippen LogP contribution in [0.5, 0.6) is 5.75 Å². The predicted molar refractivity (Wildman–Crippen MR) is 115 cm³/mol. The number of carbonyl (C=O) groups excluding carboxylic acids is 1. The molecule has 0 fully saturated rings. The predicted octanol–water partition coefficient (Wildman–Crippen LogP) is 2.88. The third-order valence-corrected chi connectivity index (χ3v) is 4.64. The Morgan fingerprint density at radius 2 is 2.03 bits per heavy atom. The first-order valence-corrected chi connectivity index (χ1v) is 9.87. The van der Waals surface area contributed by atoms with E-state index in [2.05, 4.69) is 4.98 Å². The SMILES string of the molecule is CCCCN(C(=O)c1cc(Cl)ccc1OC)c1c(N)n(CC(C)C)c(=O)[nH]c1=O. The number of nitrogens with two attached hydrogens (primary N) is 1. The molecule has 158 valence electrons. The van der Waals surface area contributed by atoms with Gasteiger partial charge in [0.1, 0.15) is 11.6 Å². The molecule has 2 rings (SSSR count). The number of anilines is 2. The van der Waals surface area contributed by atoms with Gasteiger partial charge in [-0.2, -0.15) is 0 Å². The number of nitrogen functional groups attached to an aromatic ring is 1. The van der Waals surface area contributed by atoms with Gasteiger partial charge in [-0.15, -0.1) is 0 Å². The van der Waals surface area contributed by atoms with Crippen LogP contribution in [0.2, 0.25) is 5.02 Å². The number of nitrogens with zero attached hydrogens (tertiary/aromatic N) is 2. The minimum absolute atomic E-state index is 0.0436. The molecule has 1 aromatic heterocycles. The number of unbranched alkanes of at least 4 members (excludes halogenated alkanes) is 1. The highest BCUT2D eigenvalue weighted by Gasteiger charge is 2.27. The lowest BCUT2D eigenvalue weighted by atomic mass is 10.1. The first-order chi connectivity index (χ1) is 13.7. The van der Waals surface area contributed by atoms with Crippen molar-refractivity contribution >= 4 is 29.0 Å². The molecule has 0 atom stereocenters. The zero-order valence-corrected chi connectivity index (χ0v) is 17.9. The molecule has 9 heteroatoms. The normalized spacial score (nSPS) is 11.0. The van der Waals surface area contributed by atoms with E-state index in [0.29, 0.717) is 23.7 Å². The lowest BCUT2D eigenvalue weighted by Gasteiger charge is -2.25. The van der Waals surface area contributed by atoms with Crippen molar-refractivity contribution in [1.29, 1.82) is 0 Å². The summed E-state index contributed by atoms with van der Waals surface area (Å²) in [6, 6.07) is 4.68. The zero-order chi connectivity index (χ0) is 21.7. The van der Waals surface area contributed by atoms with Crippen LogP contribution in [0, 0.1) is 5.92 Å².